The molecule has 0 amide bonds. The molecule has 0 aliphatic rings. The number of nitrogens with zero attached hydrogens (tertiary/aromatic N) is 1. The zero-order valence-electron chi connectivity index (χ0n) is 10.5. The maximum atomic E-state index is 9.75. The van der Waals surface area contributed by atoms with Crippen LogP contribution in [-0.4, -0.2) is 16.6 Å². The quantitative estimate of drug-likeness (QED) is 0.847. The molecule has 1 aromatic heterocycles. The minimum Gasteiger partial charge on any atom is -0.508 e. The van der Waals surface area contributed by atoms with E-state index in [1.54, 1.807) is 12.3 Å². The fraction of sp³-hybridized carbons (Fsp3) is 0.267. The van der Waals surface area contributed by atoms with E-state index in [9.17, 15) is 5.11 Å². The summed E-state index contributed by atoms with van der Waals surface area (Å²) in [5.41, 5.74) is 2.15. The first-order chi connectivity index (χ1) is 8.77. The van der Waals surface area contributed by atoms with Crippen molar-refractivity contribution in [3.63, 3.8) is 0 Å². The van der Waals surface area contributed by atoms with E-state index in [1.165, 1.54) is 5.56 Å². The molecule has 0 bridgehead atoms. The van der Waals surface area contributed by atoms with E-state index in [2.05, 4.69) is 23.3 Å². The second-order valence-electron chi connectivity index (χ2n) is 4.35. The smallest absolute Gasteiger partial charge is 0.120 e. The SMILES string of the molecule is CC(NCCc1cccnc1)c1ccccc1O. The van der Waals surface area contributed by atoms with Gasteiger partial charge in [-0.3, -0.25) is 4.98 Å². The molecule has 0 radical (unpaired) electrons. The van der Waals surface area contributed by atoms with Gasteiger partial charge in [0.15, 0.2) is 0 Å². The van der Waals surface area contributed by atoms with Crippen molar-refractivity contribution in [2.45, 2.75) is 19.4 Å². The van der Waals surface area contributed by atoms with Gasteiger partial charge < -0.3 is 10.4 Å². The van der Waals surface area contributed by atoms with Crippen molar-refractivity contribution < 1.29 is 5.11 Å². The molecule has 0 fully saturated rings. The number of benzene rings is 1. The summed E-state index contributed by atoms with van der Waals surface area (Å²) in [6.45, 7) is 2.92. The Balaban J connectivity index is 1.86. The molecule has 1 heterocycles. The van der Waals surface area contributed by atoms with Crippen molar-refractivity contribution in [1.29, 1.82) is 0 Å². The minimum absolute atomic E-state index is 0.142. The molecule has 0 spiro atoms. The molecule has 3 nitrogen and oxygen atoms in total. The average Bonchev–Trinajstić information content (AvgIpc) is 2.40. The molecule has 1 atom stereocenters. The van der Waals surface area contributed by atoms with E-state index in [0.717, 1.165) is 18.5 Å². The highest BCUT2D eigenvalue weighted by Crippen LogP contribution is 2.22. The highest BCUT2D eigenvalue weighted by atomic mass is 16.3. The van der Waals surface area contributed by atoms with Crippen LogP contribution in [0.2, 0.25) is 0 Å². The molecule has 0 aliphatic carbocycles. The number of phenols is 1. The van der Waals surface area contributed by atoms with Gasteiger partial charge in [-0.1, -0.05) is 24.3 Å². The van der Waals surface area contributed by atoms with E-state index in [-0.39, 0.29) is 6.04 Å². The summed E-state index contributed by atoms with van der Waals surface area (Å²) < 4.78 is 0. The normalized spacial score (nSPS) is 12.3. The van der Waals surface area contributed by atoms with Crippen LogP contribution < -0.4 is 5.32 Å². The van der Waals surface area contributed by atoms with Gasteiger partial charge in [-0.05, 0) is 37.6 Å². The number of hydrogen-bond acceptors (Lipinski definition) is 3. The van der Waals surface area contributed by atoms with Gasteiger partial charge >= 0.3 is 0 Å². The summed E-state index contributed by atoms with van der Waals surface area (Å²) >= 11 is 0. The van der Waals surface area contributed by atoms with E-state index in [1.807, 2.05) is 30.5 Å². The third-order valence-corrected chi connectivity index (χ3v) is 2.99. The van der Waals surface area contributed by atoms with E-state index in [0.29, 0.717) is 5.75 Å². The van der Waals surface area contributed by atoms with Crippen LogP contribution in [-0.2, 0) is 6.42 Å². The van der Waals surface area contributed by atoms with Gasteiger partial charge in [0.1, 0.15) is 5.75 Å². The Labute approximate surface area is 108 Å². The first-order valence-electron chi connectivity index (χ1n) is 6.17. The molecule has 0 aliphatic heterocycles. The van der Waals surface area contributed by atoms with Crippen LogP contribution in [0, 0.1) is 0 Å². The van der Waals surface area contributed by atoms with Crippen LogP contribution in [0.3, 0.4) is 0 Å². The predicted molar refractivity (Wildman–Crippen MR) is 72.5 cm³/mol. The molecule has 94 valence electrons. The number of phenolic OH excluding ortho intramolecular Hbond substituents is 1. The lowest BCUT2D eigenvalue weighted by Gasteiger charge is -2.15. The van der Waals surface area contributed by atoms with Crippen molar-refractivity contribution in [2.75, 3.05) is 6.54 Å². The average molecular weight is 242 g/mol. The Bertz CT molecular complexity index is 485. The standard InChI is InChI=1S/C15H18N2O/c1-12(14-6-2-3-7-15(14)18)17-10-8-13-5-4-9-16-11-13/h2-7,9,11-12,17-18H,8,10H2,1H3. The summed E-state index contributed by atoms with van der Waals surface area (Å²) in [5.74, 6) is 0.346. The number of nitrogens with one attached hydrogen (secondary N) is 1. The Hall–Kier alpha value is -1.87. The van der Waals surface area contributed by atoms with Crippen molar-refractivity contribution in [2.24, 2.45) is 0 Å². The van der Waals surface area contributed by atoms with Crippen LogP contribution in [0.25, 0.3) is 0 Å². The lowest BCUT2D eigenvalue weighted by molar-refractivity contribution is 0.453. The van der Waals surface area contributed by atoms with Crippen molar-refractivity contribution in [1.82, 2.24) is 10.3 Å². The molecule has 1 unspecified atom stereocenters. The predicted octanol–water partition coefficient (Wildman–Crippen LogP) is 2.68. The first-order valence-corrected chi connectivity index (χ1v) is 6.17. The number of aromatic hydroxyl groups is 1. The first kappa shape index (κ1) is 12.6. The molecule has 2 rings (SSSR count). The van der Waals surface area contributed by atoms with E-state index < -0.39 is 0 Å². The van der Waals surface area contributed by atoms with E-state index >= 15 is 0 Å². The fourth-order valence-corrected chi connectivity index (χ4v) is 1.94. The number of hydrogen-bond donors (Lipinski definition) is 2. The Morgan fingerprint density at radius 2 is 2.06 bits per heavy atom. The molecule has 2 N–H and O–H groups in total. The van der Waals surface area contributed by atoms with Gasteiger partial charge in [0.05, 0.1) is 0 Å². The highest BCUT2D eigenvalue weighted by Gasteiger charge is 2.08. The number of aromatic nitrogens is 1. The second-order valence-corrected chi connectivity index (χ2v) is 4.35. The van der Waals surface area contributed by atoms with Crippen LogP contribution in [0.5, 0.6) is 5.75 Å². The fourth-order valence-electron chi connectivity index (χ4n) is 1.94. The van der Waals surface area contributed by atoms with Gasteiger partial charge in [-0.15, -0.1) is 0 Å². The Kier molecular flexibility index (Phi) is 4.31. The molecular formula is C15H18N2O. The largest absolute Gasteiger partial charge is 0.508 e. The van der Waals surface area contributed by atoms with Crippen LogP contribution >= 0.6 is 0 Å². The molecule has 1 aromatic carbocycles. The maximum absolute atomic E-state index is 9.75. The van der Waals surface area contributed by atoms with Crippen molar-refractivity contribution in [3.8, 4) is 5.75 Å². The third-order valence-electron chi connectivity index (χ3n) is 2.99. The summed E-state index contributed by atoms with van der Waals surface area (Å²) in [7, 11) is 0. The number of pyridine rings is 1. The number of para-hydroxylation sites is 1. The molecule has 18 heavy (non-hydrogen) atoms. The summed E-state index contributed by atoms with van der Waals surface area (Å²) in [6, 6.07) is 11.6. The third kappa shape index (κ3) is 3.31. The van der Waals surface area contributed by atoms with Crippen molar-refractivity contribution in [3.05, 3.63) is 59.9 Å². The summed E-state index contributed by atoms with van der Waals surface area (Å²) in [4.78, 5) is 4.09. The molecular weight excluding hydrogens is 224 g/mol. The lowest BCUT2D eigenvalue weighted by atomic mass is 10.1. The van der Waals surface area contributed by atoms with Crippen molar-refractivity contribution >= 4 is 0 Å². The topological polar surface area (TPSA) is 45.2 Å². The van der Waals surface area contributed by atoms with Crippen LogP contribution in [0.15, 0.2) is 48.8 Å². The van der Waals surface area contributed by atoms with Gasteiger partial charge in [-0.2, -0.15) is 0 Å². The monoisotopic (exact) mass is 242 g/mol. The minimum atomic E-state index is 0.142. The second kappa shape index (κ2) is 6.17. The number of rotatable bonds is 5. The van der Waals surface area contributed by atoms with Gasteiger partial charge in [-0.25, -0.2) is 0 Å². The molecule has 2 aromatic rings. The summed E-state index contributed by atoms with van der Waals surface area (Å²) in [6.07, 6.45) is 4.60. The molecule has 0 saturated heterocycles. The van der Waals surface area contributed by atoms with E-state index in [4.69, 9.17) is 0 Å². The maximum Gasteiger partial charge on any atom is 0.120 e. The molecule has 3 heteroatoms. The molecule has 0 saturated carbocycles. The highest BCUT2D eigenvalue weighted by molar-refractivity contribution is 5.34. The van der Waals surface area contributed by atoms with Gasteiger partial charge in [0.2, 0.25) is 0 Å². The van der Waals surface area contributed by atoms with Gasteiger partial charge in [0, 0.05) is 24.0 Å². The van der Waals surface area contributed by atoms with Gasteiger partial charge in [0.25, 0.3) is 0 Å². The van der Waals surface area contributed by atoms with Crippen LogP contribution in [0.4, 0.5) is 0 Å². The zero-order chi connectivity index (χ0) is 12.8. The zero-order valence-corrected chi connectivity index (χ0v) is 10.5. The summed E-state index contributed by atoms with van der Waals surface area (Å²) in [5, 5.41) is 13.1. The Morgan fingerprint density at radius 1 is 1.22 bits per heavy atom. The lowest BCUT2D eigenvalue weighted by Crippen LogP contribution is -2.21. The van der Waals surface area contributed by atoms with Crippen LogP contribution in [0.1, 0.15) is 24.1 Å². The Morgan fingerprint density at radius 3 is 2.78 bits per heavy atom.